The predicted octanol–water partition coefficient (Wildman–Crippen LogP) is 3.80. The third kappa shape index (κ3) is 3.67. The van der Waals surface area contributed by atoms with E-state index in [1.807, 2.05) is 43.3 Å². The van der Waals surface area contributed by atoms with Crippen molar-refractivity contribution in [3.8, 4) is 11.4 Å². The number of aromatic amines is 2. The smallest absolute Gasteiger partial charge is 0.213 e. The number of carbonyl (C=O) groups is 1. The van der Waals surface area contributed by atoms with Gasteiger partial charge in [0.1, 0.15) is 0 Å². The van der Waals surface area contributed by atoms with Gasteiger partial charge in [0.05, 0.1) is 5.97 Å². The molecule has 2 N–H and O–H groups in total. The first-order chi connectivity index (χ1) is 13.5. The Labute approximate surface area is 169 Å². The number of thioether (sulfide) groups is 1. The molecule has 0 amide bonds. The number of para-hydroxylation sites is 1. The van der Waals surface area contributed by atoms with Crippen molar-refractivity contribution >= 4 is 46.3 Å². The maximum Gasteiger partial charge on any atom is 0.213 e. The number of halogens is 1. The minimum absolute atomic E-state index is 0.0227. The van der Waals surface area contributed by atoms with Crippen molar-refractivity contribution < 1.29 is 9.90 Å². The van der Waals surface area contributed by atoms with Crippen LogP contribution < -0.4 is 5.11 Å². The fraction of sp³-hybridized carbons (Fsp3) is 0.0500. The van der Waals surface area contributed by atoms with Gasteiger partial charge in [-0.1, -0.05) is 29.8 Å². The van der Waals surface area contributed by atoms with Gasteiger partial charge >= 0.3 is 0 Å². The molecule has 28 heavy (non-hydrogen) atoms. The van der Waals surface area contributed by atoms with Gasteiger partial charge in [-0.2, -0.15) is 0 Å². The molecule has 2 aromatic heterocycles. The number of hydrogen-bond donors (Lipinski definition) is 2. The van der Waals surface area contributed by atoms with Gasteiger partial charge in [-0.25, -0.2) is 4.98 Å². The summed E-state index contributed by atoms with van der Waals surface area (Å²) in [5.74, 6) is -0.757. The van der Waals surface area contributed by atoms with Gasteiger partial charge in [-0.3, -0.25) is 5.10 Å². The number of hydrogen-bond acceptors (Lipinski definition) is 5. The number of aromatic nitrogens is 4. The van der Waals surface area contributed by atoms with E-state index in [1.165, 1.54) is 0 Å². The van der Waals surface area contributed by atoms with Gasteiger partial charge in [0, 0.05) is 37.7 Å². The molecule has 0 atom stereocenters. The van der Waals surface area contributed by atoms with Crippen LogP contribution in [0.15, 0.2) is 58.6 Å². The Bertz CT molecular complexity index is 1190. The normalized spacial score (nSPS) is 11.9. The van der Waals surface area contributed by atoms with Gasteiger partial charge in [-0.05, 0) is 55.1 Å². The summed E-state index contributed by atoms with van der Waals surface area (Å²) in [4.78, 5) is 19.3. The maximum atomic E-state index is 11.7. The number of nitrogens with zero attached hydrogens (tertiary/aromatic N) is 2. The van der Waals surface area contributed by atoms with E-state index < -0.39 is 5.97 Å². The first kappa shape index (κ1) is 18.3. The fourth-order valence-corrected chi connectivity index (χ4v) is 3.68. The topological polar surface area (TPSA) is 97.5 Å². The summed E-state index contributed by atoms with van der Waals surface area (Å²) in [5.41, 5.74) is 3.42. The molecule has 0 radical (unpaired) electrons. The molecule has 2 heterocycles. The summed E-state index contributed by atoms with van der Waals surface area (Å²) in [5, 5.41) is 20.5. The number of carboxylic acid groups (broad SMARTS) is 1. The standard InChI is InChI=1S/C20H15ClN4O2S/c1-11-15(14-4-2-3-5-16(14)22-11)10-17(19(26)27)28-20-23-18(24-25-20)12-6-8-13(21)9-7-12/h2-10,22H,1H3,(H,26,27)(H,23,24,25)/p-1/b17-10-. The highest BCUT2D eigenvalue weighted by Crippen LogP contribution is 2.30. The molecule has 0 spiro atoms. The van der Waals surface area contributed by atoms with E-state index in [0.29, 0.717) is 10.8 Å². The van der Waals surface area contributed by atoms with Crippen LogP contribution in [0.1, 0.15) is 11.3 Å². The molecule has 0 aliphatic heterocycles. The highest BCUT2D eigenvalue weighted by Gasteiger charge is 2.12. The SMILES string of the molecule is Cc1[nH]c2ccccc2c1/C=C(\Sc1n[nH]c(-c2ccc(Cl)cc2)n1)C(=O)[O-]. The summed E-state index contributed by atoms with van der Waals surface area (Å²) in [6.45, 7) is 1.90. The van der Waals surface area contributed by atoms with Crippen molar-refractivity contribution in [3.63, 3.8) is 0 Å². The number of nitrogens with one attached hydrogen (secondary N) is 2. The van der Waals surface area contributed by atoms with Gasteiger partial charge in [-0.15, -0.1) is 5.10 Å². The first-order valence-electron chi connectivity index (χ1n) is 8.38. The number of carbonyl (C=O) groups excluding carboxylic acids is 1. The molecule has 0 saturated carbocycles. The molecule has 140 valence electrons. The maximum absolute atomic E-state index is 11.7. The lowest BCUT2D eigenvalue weighted by Crippen LogP contribution is -2.23. The number of H-pyrrole nitrogens is 2. The number of carboxylic acids is 1. The van der Waals surface area contributed by atoms with Gasteiger partial charge in [0.15, 0.2) is 5.82 Å². The molecule has 0 aliphatic carbocycles. The third-order valence-corrected chi connectivity index (χ3v) is 5.33. The summed E-state index contributed by atoms with van der Waals surface area (Å²) in [7, 11) is 0. The Morgan fingerprint density at radius 2 is 1.93 bits per heavy atom. The minimum atomic E-state index is -1.28. The van der Waals surface area contributed by atoms with Gasteiger partial charge in [0.25, 0.3) is 0 Å². The zero-order chi connectivity index (χ0) is 19.7. The second-order valence-corrected chi connectivity index (χ2v) is 7.53. The molecule has 0 aliphatic rings. The van der Waals surface area contributed by atoms with Crippen LogP contribution in [0.5, 0.6) is 0 Å². The first-order valence-corrected chi connectivity index (χ1v) is 9.57. The molecule has 0 unspecified atom stereocenters. The van der Waals surface area contributed by atoms with E-state index in [-0.39, 0.29) is 10.1 Å². The van der Waals surface area contributed by atoms with E-state index in [0.717, 1.165) is 39.5 Å². The number of aryl methyl sites for hydroxylation is 1. The molecule has 8 heteroatoms. The molecule has 4 aromatic rings. The van der Waals surface area contributed by atoms with Crippen molar-refractivity contribution in [3.05, 3.63) is 69.7 Å². The third-order valence-electron chi connectivity index (χ3n) is 4.20. The largest absolute Gasteiger partial charge is 0.544 e. The zero-order valence-corrected chi connectivity index (χ0v) is 16.3. The summed E-state index contributed by atoms with van der Waals surface area (Å²) in [6, 6.07) is 14.8. The van der Waals surface area contributed by atoms with Crippen molar-refractivity contribution in [2.24, 2.45) is 0 Å². The monoisotopic (exact) mass is 409 g/mol. The Balaban J connectivity index is 1.66. The zero-order valence-electron chi connectivity index (χ0n) is 14.7. The number of rotatable bonds is 5. The summed E-state index contributed by atoms with van der Waals surface area (Å²) >= 11 is 6.83. The predicted molar refractivity (Wildman–Crippen MR) is 109 cm³/mol. The van der Waals surface area contributed by atoms with Crippen LogP contribution in [0.4, 0.5) is 0 Å². The van der Waals surface area contributed by atoms with E-state index in [2.05, 4.69) is 20.2 Å². The quantitative estimate of drug-likeness (QED) is 0.386. The highest BCUT2D eigenvalue weighted by atomic mass is 35.5. The average molecular weight is 410 g/mol. The Kier molecular flexibility index (Phi) is 4.93. The van der Waals surface area contributed by atoms with Crippen molar-refractivity contribution in [1.82, 2.24) is 20.2 Å². The Morgan fingerprint density at radius 1 is 1.18 bits per heavy atom. The number of benzene rings is 2. The second kappa shape index (κ2) is 7.53. The molecule has 2 aromatic carbocycles. The van der Waals surface area contributed by atoms with Crippen molar-refractivity contribution in [1.29, 1.82) is 0 Å². The van der Waals surface area contributed by atoms with Crippen LogP contribution in [-0.4, -0.2) is 26.1 Å². The second-order valence-electron chi connectivity index (χ2n) is 6.08. The lowest BCUT2D eigenvalue weighted by molar-refractivity contribution is -0.297. The lowest BCUT2D eigenvalue weighted by atomic mass is 10.1. The molecule has 0 saturated heterocycles. The van der Waals surface area contributed by atoms with E-state index >= 15 is 0 Å². The van der Waals surface area contributed by atoms with Crippen LogP contribution in [0.25, 0.3) is 28.4 Å². The van der Waals surface area contributed by atoms with Crippen molar-refractivity contribution in [2.75, 3.05) is 0 Å². The van der Waals surface area contributed by atoms with Gasteiger partial charge in [0.2, 0.25) is 5.16 Å². The Morgan fingerprint density at radius 3 is 2.68 bits per heavy atom. The molecule has 4 rings (SSSR count). The van der Waals surface area contributed by atoms with Crippen LogP contribution >= 0.6 is 23.4 Å². The number of aliphatic carboxylic acids is 1. The summed E-state index contributed by atoms with van der Waals surface area (Å²) in [6.07, 6.45) is 1.59. The fourth-order valence-electron chi connectivity index (χ4n) is 2.87. The molecular formula is C20H14ClN4O2S-. The molecule has 0 bridgehead atoms. The van der Waals surface area contributed by atoms with E-state index in [4.69, 9.17) is 11.6 Å². The van der Waals surface area contributed by atoms with E-state index in [1.54, 1.807) is 18.2 Å². The van der Waals surface area contributed by atoms with Crippen LogP contribution in [0, 0.1) is 6.92 Å². The van der Waals surface area contributed by atoms with Crippen LogP contribution in [-0.2, 0) is 4.79 Å². The molecule has 6 nitrogen and oxygen atoms in total. The number of fused-ring (bicyclic) bond motifs is 1. The minimum Gasteiger partial charge on any atom is -0.544 e. The summed E-state index contributed by atoms with van der Waals surface area (Å²) < 4.78 is 0. The van der Waals surface area contributed by atoms with Gasteiger partial charge < -0.3 is 14.9 Å². The van der Waals surface area contributed by atoms with Crippen LogP contribution in [0.3, 0.4) is 0 Å². The molecule has 0 fully saturated rings. The lowest BCUT2D eigenvalue weighted by Gasteiger charge is -2.06. The van der Waals surface area contributed by atoms with Crippen molar-refractivity contribution in [2.45, 2.75) is 12.1 Å². The highest BCUT2D eigenvalue weighted by molar-refractivity contribution is 8.04. The Hall–Kier alpha value is -3.03. The van der Waals surface area contributed by atoms with E-state index in [9.17, 15) is 9.90 Å². The average Bonchev–Trinajstić information content (AvgIpc) is 3.26. The molecular weight excluding hydrogens is 396 g/mol. The van der Waals surface area contributed by atoms with Crippen LogP contribution in [0.2, 0.25) is 5.02 Å².